The first-order chi connectivity index (χ1) is 9.36. The topological polar surface area (TPSA) is 114 Å². The van der Waals surface area contributed by atoms with Crippen LogP contribution in [0.5, 0.6) is 0 Å². The fourth-order valence-electron chi connectivity index (χ4n) is 1.88. The Balaban J connectivity index is 2.53. The Morgan fingerprint density at radius 3 is 2.55 bits per heavy atom. The molecule has 3 N–H and O–H groups in total. The third-order valence-corrected chi connectivity index (χ3v) is 3.09. The molecule has 0 aliphatic rings. The van der Waals surface area contributed by atoms with Gasteiger partial charge in [-0.3, -0.25) is 18.7 Å². The lowest BCUT2D eigenvalue weighted by Gasteiger charge is -2.10. The van der Waals surface area contributed by atoms with Crippen molar-refractivity contribution in [2.45, 2.75) is 13.0 Å². The molecule has 0 aliphatic heterocycles. The van der Waals surface area contributed by atoms with Crippen molar-refractivity contribution in [1.82, 2.24) is 24.4 Å². The normalized spacial score (nSPS) is 12.4. The number of fused-ring (bicyclic) bond motifs is 1. The van der Waals surface area contributed by atoms with E-state index in [1.54, 1.807) is 6.92 Å². The molecular weight excluding hydrogens is 264 g/mol. The lowest BCUT2D eigenvalue weighted by atomic mass is 10.3. The van der Waals surface area contributed by atoms with Gasteiger partial charge in [-0.25, -0.2) is 4.79 Å². The number of hydrogen-bond acceptors (Lipinski definition) is 5. The van der Waals surface area contributed by atoms with E-state index in [-0.39, 0.29) is 23.0 Å². The summed E-state index contributed by atoms with van der Waals surface area (Å²) >= 11 is 0. The molecule has 2 heterocycles. The van der Waals surface area contributed by atoms with Crippen molar-refractivity contribution in [3.8, 4) is 0 Å². The summed E-state index contributed by atoms with van der Waals surface area (Å²) < 4.78 is 2.26. The predicted octanol–water partition coefficient (Wildman–Crippen LogP) is -1.49. The molecule has 2 aromatic rings. The van der Waals surface area contributed by atoms with Crippen LogP contribution in [0.2, 0.25) is 0 Å². The average molecular weight is 280 g/mol. The van der Waals surface area contributed by atoms with Crippen LogP contribution in [-0.4, -0.2) is 38.1 Å². The van der Waals surface area contributed by atoms with E-state index < -0.39 is 17.3 Å². The number of nitrogens with zero attached hydrogens (tertiary/aromatic N) is 3. The number of carbonyl (C=O) groups excluding carboxylic acids is 1. The zero-order chi connectivity index (χ0) is 15.0. The minimum atomic E-state index is -0.526. The smallest absolute Gasteiger partial charge is 0.332 e. The third-order valence-electron chi connectivity index (χ3n) is 3.09. The Bertz CT molecular complexity index is 784. The Kier molecular flexibility index (Phi) is 3.35. The number of amides is 1. The molecule has 0 fully saturated rings. The number of carbonyl (C=O) groups is 1. The zero-order valence-corrected chi connectivity index (χ0v) is 11.6. The van der Waals surface area contributed by atoms with Crippen LogP contribution in [-0.2, 0) is 18.9 Å². The molecule has 0 bridgehead atoms. The average Bonchev–Trinajstić information content (AvgIpc) is 2.85. The molecule has 20 heavy (non-hydrogen) atoms. The van der Waals surface area contributed by atoms with E-state index >= 15 is 0 Å². The number of hydrogen-bond donors (Lipinski definition) is 3. The largest absolute Gasteiger partial charge is 0.357 e. The molecule has 2 aromatic heterocycles. The second-order valence-corrected chi connectivity index (χ2v) is 4.47. The number of nitrogens with one attached hydrogen (secondary N) is 3. The molecule has 0 aliphatic carbocycles. The van der Waals surface area contributed by atoms with Gasteiger partial charge in [-0.1, -0.05) is 0 Å². The van der Waals surface area contributed by atoms with Crippen LogP contribution in [0, 0.1) is 0 Å². The number of imidazole rings is 1. The molecule has 0 radical (unpaired) electrons. The summed E-state index contributed by atoms with van der Waals surface area (Å²) in [7, 11) is 4.45. The first-order valence-corrected chi connectivity index (χ1v) is 6.00. The minimum absolute atomic E-state index is 0.209. The van der Waals surface area contributed by atoms with Crippen molar-refractivity contribution in [3.63, 3.8) is 0 Å². The summed E-state index contributed by atoms with van der Waals surface area (Å²) in [4.78, 5) is 42.1. The lowest BCUT2D eigenvalue weighted by molar-refractivity contribution is -0.121. The van der Waals surface area contributed by atoms with Crippen molar-refractivity contribution in [2.24, 2.45) is 14.1 Å². The molecule has 9 heteroatoms. The predicted molar refractivity (Wildman–Crippen MR) is 73.7 cm³/mol. The molecule has 1 atom stereocenters. The molecular formula is C11H16N6O3. The van der Waals surface area contributed by atoms with Crippen molar-refractivity contribution in [3.05, 3.63) is 20.8 Å². The highest BCUT2D eigenvalue weighted by Crippen LogP contribution is 2.09. The maximum atomic E-state index is 12.0. The van der Waals surface area contributed by atoms with E-state index in [1.807, 2.05) is 0 Å². The number of H-pyrrole nitrogens is 1. The molecule has 0 saturated carbocycles. The summed E-state index contributed by atoms with van der Waals surface area (Å²) in [5.74, 6) is 0.0432. The van der Waals surface area contributed by atoms with Gasteiger partial charge in [0, 0.05) is 21.1 Å². The van der Waals surface area contributed by atoms with Crippen LogP contribution in [0.3, 0.4) is 0 Å². The molecule has 2 rings (SSSR count). The van der Waals surface area contributed by atoms with E-state index in [2.05, 4.69) is 20.6 Å². The van der Waals surface area contributed by atoms with Gasteiger partial charge in [-0.2, -0.15) is 4.98 Å². The monoisotopic (exact) mass is 280 g/mol. The minimum Gasteiger partial charge on any atom is -0.357 e. The summed E-state index contributed by atoms with van der Waals surface area (Å²) in [5.41, 5.74) is -0.470. The fraction of sp³-hybridized carbons (Fsp3) is 0.455. The maximum Gasteiger partial charge on any atom is 0.332 e. The van der Waals surface area contributed by atoms with Crippen LogP contribution in [0.25, 0.3) is 11.2 Å². The van der Waals surface area contributed by atoms with Crippen molar-refractivity contribution >= 4 is 23.0 Å². The fourth-order valence-corrected chi connectivity index (χ4v) is 1.88. The van der Waals surface area contributed by atoms with Gasteiger partial charge in [0.25, 0.3) is 5.56 Å². The van der Waals surface area contributed by atoms with Gasteiger partial charge in [0.15, 0.2) is 11.2 Å². The zero-order valence-electron chi connectivity index (χ0n) is 11.6. The van der Waals surface area contributed by atoms with Crippen molar-refractivity contribution in [2.75, 3.05) is 12.4 Å². The lowest BCUT2D eigenvalue weighted by Crippen LogP contribution is -2.36. The van der Waals surface area contributed by atoms with Crippen LogP contribution in [0.4, 0.5) is 5.95 Å². The number of aryl methyl sites for hydroxylation is 1. The molecule has 0 aromatic carbocycles. The summed E-state index contributed by atoms with van der Waals surface area (Å²) in [6, 6.07) is -0.526. The SMILES string of the molecule is CNC(=O)C(C)Nc1nc2c([nH]1)c(=O)n(C)c(=O)n2C. The molecule has 0 saturated heterocycles. The Morgan fingerprint density at radius 1 is 1.30 bits per heavy atom. The highest BCUT2D eigenvalue weighted by atomic mass is 16.2. The number of aromatic nitrogens is 4. The van der Waals surface area contributed by atoms with Gasteiger partial charge in [0.05, 0.1) is 0 Å². The summed E-state index contributed by atoms with van der Waals surface area (Å²) in [6.45, 7) is 1.66. The summed E-state index contributed by atoms with van der Waals surface area (Å²) in [6.07, 6.45) is 0. The Morgan fingerprint density at radius 2 is 1.95 bits per heavy atom. The number of aromatic amines is 1. The first-order valence-electron chi connectivity index (χ1n) is 6.00. The maximum absolute atomic E-state index is 12.0. The van der Waals surface area contributed by atoms with Gasteiger partial charge in [0.2, 0.25) is 11.9 Å². The molecule has 9 nitrogen and oxygen atoms in total. The second-order valence-electron chi connectivity index (χ2n) is 4.47. The van der Waals surface area contributed by atoms with Crippen molar-refractivity contribution in [1.29, 1.82) is 0 Å². The molecule has 1 unspecified atom stereocenters. The number of rotatable bonds is 3. The van der Waals surface area contributed by atoms with Crippen LogP contribution >= 0.6 is 0 Å². The van der Waals surface area contributed by atoms with Gasteiger partial charge >= 0.3 is 5.69 Å². The number of anilines is 1. The second kappa shape index (κ2) is 4.83. The van der Waals surface area contributed by atoms with Gasteiger partial charge in [0.1, 0.15) is 6.04 Å². The highest BCUT2D eigenvalue weighted by Gasteiger charge is 2.16. The molecule has 108 valence electrons. The summed E-state index contributed by atoms with van der Waals surface area (Å²) in [5, 5.41) is 5.33. The van der Waals surface area contributed by atoms with Crippen LogP contribution in [0.15, 0.2) is 9.59 Å². The van der Waals surface area contributed by atoms with Crippen molar-refractivity contribution < 1.29 is 4.79 Å². The Labute approximate surface area is 113 Å². The number of likely N-dealkylation sites (N-methyl/N-ethyl adjacent to an activating group) is 1. The third kappa shape index (κ3) is 2.06. The standard InChI is InChI=1S/C11H16N6O3/c1-5(8(18)12-2)13-10-14-6-7(15-10)16(3)11(20)17(4)9(6)19/h5H,1-4H3,(H,12,18)(H2,13,14,15). The van der Waals surface area contributed by atoms with E-state index in [0.29, 0.717) is 0 Å². The van der Waals surface area contributed by atoms with E-state index in [4.69, 9.17) is 0 Å². The van der Waals surface area contributed by atoms with E-state index in [1.165, 1.54) is 25.7 Å². The van der Waals surface area contributed by atoms with Crippen LogP contribution < -0.4 is 21.9 Å². The van der Waals surface area contributed by atoms with Gasteiger partial charge in [-0.15, -0.1) is 0 Å². The Hall–Kier alpha value is -2.58. The van der Waals surface area contributed by atoms with E-state index in [9.17, 15) is 14.4 Å². The van der Waals surface area contributed by atoms with Gasteiger partial charge < -0.3 is 15.6 Å². The van der Waals surface area contributed by atoms with Crippen LogP contribution in [0.1, 0.15) is 6.92 Å². The van der Waals surface area contributed by atoms with E-state index in [0.717, 1.165) is 4.57 Å². The van der Waals surface area contributed by atoms with Gasteiger partial charge in [-0.05, 0) is 6.92 Å². The molecule has 0 spiro atoms. The first kappa shape index (κ1) is 13.8. The quantitative estimate of drug-likeness (QED) is 0.633. The molecule has 1 amide bonds. The highest BCUT2D eigenvalue weighted by molar-refractivity contribution is 5.84.